The minimum Gasteiger partial charge on any atom is -0.309 e. The summed E-state index contributed by atoms with van der Waals surface area (Å²) in [6.07, 6.45) is 0. The molecule has 1 N–H and O–H groups in total. The first-order valence-electron chi connectivity index (χ1n) is 4.45. The molecule has 0 saturated heterocycles. The number of amidine groups is 1. The highest BCUT2D eigenvalue weighted by molar-refractivity contribution is 6.12. The van der Waals surface area contributed by atoms with Gasteiger partial charge in [-0.25, -0.2) is 0 Å². The second-order valence-corrected chi connectivity index (χ2v) is 3.35. The van der Waals surface area contributed by atoms with Gasteiger partial charge in [0, 0.05) is 17.0 Å². The number of aryl methyl sites for hydroxylation is 2. The van der Waals surface area contributed by atoms with Crippen molar-refractivity contribution < 1.29 is 4.79 Å². The smallest absolute Gasteiger partial charge is 0.247 e. The Hall–Kier alpha value is -1.71. The molecule has 1 amide bonds. The maximum absolute atomic E-state index is 11.0. The van der Waals surface area contributed by atoms with Crippen LogP contribution in [0, 0.1) is 13.8 Å². The van der Waals surface area contributed by atoms with E-state index in [1.54, 1.807) is 0 Å². The average Bonchev–Trinajstić information content (AvgIpc) is 2.50. The highest BCUT2D eigenvalue weighted by Crippen LogP contribution is 2.07. The van der Waals surface area contributed by atoms with Crippen molar-refractivity contribution in [3.05, 3.63) is 29.1 Å². The van der Waals surface area contributed by atoms with Gasteiger partial charge in [0.1, 0.15) is 12.4 Å². The van der Waals surface area contributed by atoms with Gasteiger partial charge in [-0.2, -0.15) is 0 Å². The number of aromatic nitrogens is 1. The van der Waals surface area contributed by atoms with Crippen molar-refractivity contribution in [1.29, 1.82) is 0 Å². The Labute approximate surface area is 82.1 Å². The molecule has 0 atom stereocenters. The van der Waals surface area contributed by atoms with Crippen LogP contribution in [-0.2, 0) is 4.79 Å². The van der Waals surface area contributed by atoms with Crippen LogP contribution in [0.5, 0.6) is 0 Å². The predicted molar refractivity (Wildman–Crippen MR) is 53.3 cm³/mol. The van der Waals surface area contributed by atoms with Crippen LogP contribution in [0.2, 0.25) is 0 Å². The van der Waals surface area contributed by atoms with Crippen LogP contribution in [0.4, 0.5) is 0 Å². The summed E-state index contributed by atoms with van der Waals surface area (Å²) in [5.74, 6) is 0.607. The fraction of sp³-hybridized carbons (Fsp3) is 0.300. The van der Waals surface area contributed by atoms with Crippen LogP contribution < -0.4 is 5.32 Å². The zero-order chi connectivity index (χ0) is 10.1. The minimum absolute atomic E-state index is 0.0490. The van der Waals surface area contributed by atoms with Gasteiger partial charge in [-0.15, -0.1) is 0 Å². The lowest BCUT2D eigenvalue weighted by atomic mass is 10.2. The van der Waals surface area contributed by atoms with E-state index in [4.69, 9.17) is 0 Å². The maximum Gasteiger partial charge on any atom is 0.247 e. The lowest BCUT2D eigenvalue weighted by molar-refractivity contribution is -0.117. The molecule has 1 aliphatic rings. The minimum atomic E-state index is -0.0490. The first-order chi connectivity index (χ1) is 6.65. The monoisotopic (exact) mass is 189 g/mol. The normalized spacial score (nSPS) is 15.3. The van der Waals surface area contributed by atoms with E-state index in [1.807, 2.05) is 26.0 Å². The Balaban J connectivity index is 2.37. The number of pyridine rings is 1. The third-order valence-electron chi connectivity index (χ3n) is 1.99. The van der Waals surface area contributed by atoms with Crippen LogP contribution in [0.15, 0.2) is 17.1 Å². The molecular weight excluding hydrogens is 178 g/mol. The summed E-state index contributed by atoms with van der Waals surface area (Å²) in [5.41, 5.74) is 2.80. The van der Waals surface area contributed by atoms with E-state index >= 15 is 0 Å². The van der Waals surface area contributed by atoms with Gasteiger partial charge in [-0.1, -0.05) is 0 Å². The van der Waals surface area contributed by atoms with E-state index in [0.717, 1.165) is 17.0 Å². The van der Waals surface area contributed by atoms with Gasteiger partial charge in [-0.3, -0.25) is 14.8 Å². The summed E-state index contributed by atoms with van der Waals surface area (Å²) in [7, 11) is 0. The molecule has 0 aliphatic carbocycles. The SMILES string of the molecule is Cc1cc(C2=NCC(=O)N2)cc(C)n1. The van der Waals surface area contributed by atoms with Crippen molar-refractivity contribution in [2.45, 2.75) is 13.8 Å². The van der Waals surface area contributed by atoms with Crippen molar-refractivity contribution in [2.75, 3.05) is 6.54 Å². The van der Waals surface area contributed by atoms with E-state index < -0.39 is 0 Å². The number of rotatable bonds is 1. The van der Waals surface area contributed by atoms with Gasteiger partial charge in [0.2, 0.25) is 5.91 Å². The molecule has 1 aromatic rings. The van der Waals surface area contributed by atoms with Crippen molar-refractivity contribution in [3.63, 3.8) is 0 Å². The molecule has 1 aromatic heterocycles. The number of hydrogen-bond acceptors (Lipinski definition) is 3. The number of nitrogens with zero attached hydrogens (tertiary/aromatic N) is 2. The first kappa shape index (κ1) is 8.87. The summed E-state index contributed by atoms with van der Waals surface area (Å²) >= 11 is 0. The van der Waals surface area contributed by atoms with Gasteiger partial charge in [0.15, 0.2) is 0 Å². The molecule has 0 unspecified atom stereocenters. The molecule has 14 heavy (non-hydrogen) atoms. The second-order valence-electron chi connectivity index (χ2n) is 3.35. The van der Waals surface area contributed by atoms with Crippen molar-refractivity contribution >= 4 is 11.7 Å². The average molecular weight is 189 g/mol. The zero-order valence-electron chi connectivity index (χ0n) is 8.16. The highest BCUT2D eigenvalue weighted by atomic mass is 16.2. The lowest BCUT2D eigenvalue weighted by Gasteiger charge is -2.03. The second kappa shape index (κ2) is 3.21. The van der Waals surface area contributed by atoms with E-state index in [1.165, 1.54) is 0 Å². The van der Waals surface area contributed by atoms with Gasteiger partial charge in [-0.05, 0) is 26.0 Å². The molecule has 4 heteroatoms. The molecule has 1 aliphatic heterocycles. The predicted octanol–water partition coefficient (Wildman–Crippen LogP) is 0.575. The largest absolute Gasteiger partial charge is 0.309 e. The maximum atomic E-state index is 11.0. The van der Waals surface area contributed by atoms with Crippen LogP contribution >= 0.6 is 0 Å². The van der Waals surface area contributed by atoms with Gasteiger partial charge in [0.25, 0.3) is 0 Å². The standard InChI is InChI=1S/C10H11N3O/c1-6-3-8(4-7(2)12-6)10-11-5-9(14)13-10/h3-4H,5H2,1-2H3,(H,11,13,14). The highest BCUT2D eigenvalue weighted by Gasteiger charge is 2.15. The van der Waals surface area contributed by atoms with Crippen LogP contribution in [0.3, 0.4) is 0 Å². The number of amides is 1. The number of nitrogens with one attached hydrogen (secondary N) is 1. The van der Waals surface area contributed by atoms with Gasteiger partial charge in [0.05, 0.1) is 0 Å². The quantitative estimate of drug-likeness (QED) is 0.702. The van der Waals surface area contributed by atoms with Gasteiger partial charge >= 0.3 is 0 Å². The molecule has 0 aromatic carbocycles. The van der Waals surface area contributed by atoms with E-state index in [2.05, 4.69) is 15.3 Å². The summed E-state index contributed by atoms with van der Waals surface area (Å²) in [5, 5.41) is 2.71. The van der Waals surface area contributed by atoms with Crippen LogP contribution in [0.25, 0.3) is 0 Å². The van der Waals surface area contributed by atoms with E-state index in [0.29, 0.717) is 5.84 Å². The number of aliphatic imine (C=N–C) groups is 1. The topological polar surface area (TPSA) is 54.4 Å². The van der Waals surface area contributed by atoms with E-state index in [-0.39, 0.29) is 12.5 Å². The third-order valence-corrected chi connectivity index (χ3v) is 1.99. The molecule has 0 spiro atoms. The summed E-state index contributed by atoms with van der Waals surface area (Å²) in [4.78, 5) is 19.3. The van der Waals surface area contributed by atoms with Crippen LogP contribution in [-0.4, -0.2) is 23.3 Å². The lowest BCUT2D eigenvalue weighted by Crippen LogP contribution is -2.25. The molecule has 0 fully saturated rings. The fourth-order valence-electron chi connectivity index (χ4n) is 1.50. The first-order valence-corrected chi connectivity index (χ1v) is 4.45. The molecule has 2 rings (SSSR count). The molecule has 4 nitrogen and oxygen atoms in total. The number of hydrogen-bond donors (Lipinski definition) is 1. The summed E-state index contributed by atoms with van der Waals surface area (Å²) in [6.45, 7) is 4.08. The number of carbonyl (C=O) groups excluding carboxylic acids is 1. The Kier molecular flexibility index (Phi) is 2.04. The molecular formula is C10H11N3O. The summed E-state index contributed by atoms with van der Waals surface area (Å²) in [6, 6.07) is 3.83. The van der Waals surface area contributed by atoms with Crippen molar-refractivity contribution in [1.82, 2.24) is 10.3 Å². The van der Waals surface area contributed by atoms with Crippen molar-refractivity contribution in [3.8, 4) is 0 Å². The molecule has 0 bridgehead atoms. The molecule has 0 saturated carbocycles. The molecule has 0 radical (unpaired) electrons. The third kappa shape index (κ3) is 1.64. The van der Waals surface area contributed by atoms with Gasteiger partial charge < -0.3 is 5.32 Å². The summed E-state index contributed by atoms with van der Waals surface area (Å²) < 4.78 is 0. The Morgan fingerprint density at radius 1 is 1.29 bits per heavy atom. The zero-order valence-corrected chi connectivity index (χ0v) is 8.16. The van der Waals surface area contributed by atoms with E-state index in [9.17, 15) is 4.79 Å². The molecule has 72 valence electrons. The number of carbonyl (C=O) groups is 1. The molecule has 2 heterocycles. The Morgan fingerprint density at radius 3 is 2.43 bits per heavy atom. The van der Waals surface area contributed by atoms with Crippen molar-refractivity contribution in [2.24, 2.45) is 4.99 Å². The fourth-order valence-corrected chi connectivity index (χ4v) is 1.50. The Morgan fingerprint density at radius 2 is 1.93 bits per heavy atom. The Bertz CT molecular complexity index is 403. The van der Waals surface area contributed by atoms with Crippen LogP contribution in [0.1, 0.15) is 17.0 Å².